The van der Waals surface area contributed by atoms with E-state index in [1.165, 1.54) is 5.69 Å². The third-order valence-electron chi connectivity index (χ3n) is 5.90. The highest BCUT2D eigenvalue weighted by molar-refractivity contribution is 5.79. The van der Waals surface area contributed by atoms with Crippen molar-refractivity contribution in [3.63, 3.8) is 0 Å². The normalized spacial score (nSPS) is 15.4. The van der Waals surface area contributed by atoms with Crippen LogP contribution in [0.4, 0.5) is 5.69 Å². The molecule has 0 N–H and O–H groups in total. The maximum Gasteiger partial charge on any atom is 0.275 e. The van der Waals surface area contributed by atoms with Gasteiger partial charge >= 0.3 is 0 Å². The number of aryl methyl sites for hydroxylation is 1. The van der Waals surface area contributed by atoms with E-state index < -0.39 is 0 Å². The van der Waals surface area contributed by atoms with Gasteiger partial charge in [0.05, 0.1) is 11.0 Å². The molecular formula is C23H25N5O. The number of pyridine rings is 1. The van der Waals surface area contributed by atoms with Gasteiger partial charge in [0.1, 0.15) is 5.52 Å². The van der Waals surface area contributed by atoms with Crippen LogP contribution in [0.5, 0.6) is 0 Å². The molecule has 148 valence electrons. The van der Waals surface area contributed by atoms with Crippen molar-refractivity contribution in [1.29, 1.82) is 0 Å². The van der Waals surface area contributed by atoms with Gasteiger partial charge in [-0.2, -0.15) is 0 Å². The molecule has 6 nitrogen and oxygen atoms in total. The average molecular weight is 387 g/mol. The van der Waals surface area contributed by atoms with E-state index in [0.29, 0.717) is 0 Å². The van der Waals surface area contributed by atoms with Crippen molar-refractivity contribution in [2.45, 2.75) is 13.0 Å². The molecule has 6 heteroatoms. The summed E-state index contributed by atoms with van der Waals surface area (Å²) in [6.07, 6.45) is 6.64. The van der Waals surface area contributed by atoms with E-state index in [1.807, 2.05) is 57.9 Å². The lowest BCUT2D eigenvalue weighted by Crippen LogP contribution is -2.46. The topological polar surface area (TPSA) is 45.8 Å². The van der Waals surface area contributed by atoms with E-state index in [9.17, 15) is 4.79 Å². The van der Waals surface area contributed by atoms with Gasteiger partial charge in [0, 0.05) is 57.0 Å². The van der Waals surface area contributed by atoms with Gasteiger partial charge in [-0.15, -0.1) is 0 Å². The van der Waals surface area contributed by atoms with Crippen molar-refractivity contribution in [1.82, 2.24) is 18.9 Å². The number of hydrogen-bond acceptors (Lipinski definition) is 4. The first-order valence-electron chi connectivity index (χ1n) is 10.3. The molecule has 3 aromatic heterocycles. The Morgan fingerprint density at radius 1 is 0.793 bits per heavy atom. The minimum Gasteiger partial charge on any atom is -0.369 e. The SMILES string of the molecule is O=c1c2cccn2c2ccccc2n1CCCN1CCN(c2ccncc2)CC1. The zero-order valence-electron chi connectivity index (χ0n) is 16.4. The van der Waals surface area contributed by atoms with Gasteiger partial charge in [0.2, 0.25) is 0 Å². The van der Waals surface area contributed by atoms with Crippen molar-refractivity contribution in [2.75, 3.05) is 37.6 Å². The summed E-state index contributed by atoms with van der Waals surface area (Å²) in [5.74, 6) is 0. The van der Waals surface area contributed by atoms with Crippen LogP contribution in [-0.4, -0.2) is 51.6 Å². The molecule has 29 heavy (non-hydrogen) atoms. The lowest BCUT2D eigenvalue weighted by molar-refractivity contribution is 0.250. The van der Waals surface area contributed by atoms with Crippen LogP contribution in [0.15, 0.2) is 71.9 Å². The summed E-state index contributed by atoms with van der Waals surface area (Å²) in [4.78, 5) is 22.0. The standard InChI is InChI=1S/C23H25N5O/c29-23-22-7-3-13-27(22)20-5-1-2-6-21(20)28(23)14-4-12-25-15-17-26(18-16-25)19-8-10-24-11-9-19/h1-3,5-11,13H,4,12,14-18H2. The summed E-state index contributed by atoms with van der Waals surface area (Å²) in [6, 6.07) is 16.2. The first kappa shape index (κ1) is 17.9. The van der Waals surface area contributed by atoms with Gasteiger partial charge in [-0.05, 0) is 49.4 Å². The van der Waals surface area contributed by atoms with E-state index in [0.717, 1.165) is 62.2 Å². The minimum absolute atomic E-state index is 0.0937. The summed E-state index contributed by atoms with van der Waals surface area (Å²) in [5.41, 5.74) is 4.17. The molecule has 4 heterocycles. The molecule has 0 spiro atoms. The van der Waals surface area contributed by atoms with Crippen molar-refractivity contribution < 1.29 is 0 Å². The first-order chi connectivity index (χ1) is 14.3. The third-order valence-corrected chi connectivity index (χ3v) is 5.90. The second-order valence-electron chi connectivity index (χ2n) is 7.60. The van der Waals surface area contributed by atoms with Crippen LogP contribution in [-0.2, 0) is 6.54 Å². The number of aromatic nitrogens is 3. The summed E-state index contributed by atoms with van der Waals surface area (Å²) < 4.78 is 3.93. The van der Waals surface area contributed by atoms with E-state index in [-0.39, 0.29) is 5.56 Å². The van der Waals surface area contributed by atoms with E-state index in [1.54, 1.807) is 0 Å². The molecule has 0 saturated carbocycles. The van der Waals surface area contributed by atoms with Gasteiger partial charge in [-0.1, -0.05) is 12.1 Å². The highest BCUT2D eigenvalue weighted by Gasteiger charge is 2.17. The molecule has 0 aliphatic carbocycles. The van der Waals surface area contributed by atoms with E-state index >= 15 is 0 Å². The smallest absolute Gasteiger partial charge is 0.275 e. The maximum atomic E-state index is 13.0. The maximum absolute atomic E-state index is 13.0. The van der Waals surface area contributed by atoms with Crippen molar-refractivity contribution in [3.05, 3.63) is 77.5 Å². The summed E-state index contributed by atoms with van der Waals surface area (Å²) in [5, 5.41) is 0. The molecule has 0 atom stereocenters. The Labute approximate surface area is 169 Å². The molecule has 0 unspecified atom stereocenters. The summed E-state index contributed by atoms with van der Waals surface area (Å²) >= 11 is 0. The number of nitrogens with zero attached hydrogens (tertiary/aromatic N) is 5. The Kier molecular flexibility index (Phi) is 4.77. The van der Waals surface area contributed by atoms with Crippen LogP contribution < -0.4 is 10.5 Å². The van der Waals surface area contributed by atoms with Gasteiger partial charge in [-0.3, -0.25) is 14.7 Å². The van der Waals surface area contributed by atoms with Gasteiger partial charge in [0.25, 0.3) is 5.56 Å². The predicted molar refractivity (Wildman–Crippen MR) is 117 cm³/mol. The van der Waals surface area contributed by atoms with E-state index in [2.05, 4.69) is 33.0 Å². The molecule has 4 aromatic rings. The monoisotopic (exact) mass is 387 g/mol. The number of anilines is 1. The molecule has 0 bridgehead atoms. The number of hydrogen-bond donors (Lipinski definition) is 0. The van der Waals surface area contributed by atoms with Gasteiger partial charge in [0.15, 0.2) is 0 Å². The second kappa shape index (κ2) is 7.72. The van der Waals surface area contributed by atoms with Crippen LogP contribution in [0, 0.1) is 0 Å². The lowest BCUT2D eigenvalue weighted by atomic mass is 10.2. The zero-order valence-corrected chi connectivity index (χ0v) is 16.4. The van der Waals surface area contributed by atoms with E-state index in [4.69, 9.17) is 0 Å². The van der Waals surface area contributed by atoms with Crippen molar-refractivity contribution in [3.8, 4) is 0 Å². The van der Waals surface area contributed by atoms with Crippen LogP contribution >= 0.6 is 0 Å². The Bertz CT molecular complexity index is 1170. The molecule has 0 radical (unpaired) electrons. The first-order valence-corrected chi connectivity index (χ1v) is 10.3. The Morgan fingerprint density at radius 3 is 2.31 bits per heavy atom. The van der Waals surface area contributed by atoms with Crippen LogP contribution in [0.25, 0.3) is 16.6 Å². The fourth-order valence-corrected chi connectivity index (χ4v) is 4.37. The van der Waals surface area contributed by atoms with Crippen LogP contribution in [0.2, 0.25) is 0 Å². The molecular weight excluding hydrogens is 362 g/mol. The highest BCUT2D eigenvalue weighted by Crippen LogP contribution is 2.17. The predicted octanol–water partition coefficient (Wildman–Crippen LogP) is 2.86. The van der Waals surface area contributed by atoms with Crippen molar-refractivity contribution >= 4 is 22.2 Å². The Hall–Kier alpha value is -3.12. The molecule has 1 saturated heterocycles. The lowest BCUT2D eigenvalue weighted by Gasteiger charge is -2.36. The molecule has 1 fully saturated rings. The largest absolute Gasteiger partial charge is 0.369 e. The molecule has 5 rings (SSSR count). The Morgan fingerprint density at radius 2 is 1.52 bits per heavy atom. The number of para-hydroxylation sites is 2. The Balaban J connectivity index is 1.26. The average Bonchev–Trinajstić information content (AvgIpc) is 3.28. The molecule has 1 aliphatic heterocycles. The van der Waals surface area contributed by atoms with Crippen molar-refractivity contribution in [2.24, 2.45) is 0 Å². The third kappa shape index (κ3) is 3.40. The molecule has 1 aromatic carbocycles. The molecule has 0 amide bonds. The minimum atomic E-state index is 0.0937. The summed E-state index contributed by atoms with van der Waals surface area (Å²) in [6.45, 7) is 5.92. The fourth-order valence-electron chi connectivity index (χ4n) is 4.37. The van der Waals surface area contributed by atoms with Gasteiger partial charge < -0.3 is 13.9 Å². The highest BCUT2D eigenvalue weighted by atomic mass is 16.1. The zero-order chi connectivity index (χ0) is 19.6. The number of piperazine rings is 1. The number of fused-ring (bicyclic) bond motifs is 3. The van der Waals surface area contributed by atoms with Crippen LogP contribution in [0.3, 0.4) is 0 Å². The number of rotatable bonds is 5. The van der Waals surface area contributed by atoms with Gasteiger partial charge in [-0.25, -0.2) is 0 Å². The molecule has 1 aliphatic rings. The quantitative estimate of drug-likeness (QED) is 0.528. The second-order valence-corrected chi connectivity index (χ2v) is 7.60. The van der Waals surface area contributed by atoms with Crippen LogP contribution in [0.1, 0.15) is 6.42 Å². The fraction of sp³-hybridized carbons (Fsp3) is 0.304. The summed E-state index contributed by atoms with van der Waals surface area (Å²) in [7, 11) is 0. The number of benzene rings is 1.